The van der Waals surface area contributed by atoms with Crippen molar-refractivity contribution < 1.29 is 9.94 Å². The summed E-state index contributed by atoms with van der Waals surface area (Å²) in [6.07, 6.45) is 7.77. The lowest BCUT2D eigenvalue weighted by Gasteiger charge is -2.37. The Labute approximate surface area is 92.4 Å². The summed E-state index contributed by atoms with van der Waals surface area (Å²) in [6, 6.07) is 0. The molecule has 0 unspecified atom stereocenters. The molecule has 1 aliphatic heterocycles. The van der Waals surface area contributed by atoms with Gasteiger partial charge in [-0.25, -0.2) is 0 Å². The number of hydrogen-bond acceptors (Lipinski definition) is 3. The topological polar surface area (TPSA) is 32.7 Å². The first-order chi connectivity index (χ1) is 7.24. The largest absolute Gasteiger partial charge is 0.393 e. The fourth-order valence-corrected chi connectivity index (χ4v) is 2.74. The van der Waals surface area contributed by atoms with Crippen LogP contribution in [-0.2, 0) is 4.84 Å². The van der Waals surface area contributed by atoms with E-state index in [9.17, 15) is 5.11 Å². The van der Waals surface area contributed by atoms with Gasteiger partial charge >= 0.3 is 0 Å². The Hall–Kier alpha value is -0.120. The van der Waals surface area contributed by atoms with Gasteiger partial charge in [0.1, 0.15) is 0 Å². The van der Waals surface area contributed by atoms with Gasteiger partial charge in [-0.2, -0.15) is 5.06 Å². The van der Waals surface area contributed by atoms with E-state index in [2.05, 4.69) is 12.0 Å². The Bertz CT molecular complexity index is 194. The molecule has 0 atom stereocenters. The van der Waals surface area contributed by atoms with Gasteiger partial charge in [-0.3, -0.25) is 4.84 Å². The monoisotopic (exact) mass is 213 g/mol. The molecule has 0 amide bonds. The molecular weight excluding hydrogens is 190 g/mol. The van der Waals surface area contributed by atoms with E-state index in [1.807, 2.05) is 0 Å². The van der Waals surface area contributed by atoms with Crippen LogP contribution in [0.2, 0.25) is 0 Å². The van der Waals surface area contributed by atoms with Crippen molar-refractivity contribution in [1.29, 1.82) is 0 Å². The summed E-state index contributed by atoms with van der Waals surface area (Å²) in [5, 5.41) is 11.5. The molecule has 1 N–H and O–H groups in total. The van der Waals surface area contributed by atoms with E-state index in [4.69, 9.17) is 4.84 Å². The van der Waals surface area contributed by atoms with Gasteiger partial charge in [0.2, 0.25) is 0 Å². The maximum absolute atomic E-state index is 9.43. The average molecular weight is 213 g/mol. The third-order valence-corrected chi connectivity index (χ3v) is 3.91. The second kappa shape index (κ2) is 4.81. The third-order valence-electron chi connectivity index (χ3n) is 3.91. The van der Waals surface area contributed by atoms with Crippen LogP contribution in [0.1, 0.15) is 51.9 Å². The average Bonchev–Trinajstić information content (AvgIpc) is 2.71. The molecule has 1 heterocycles. The highest BCUT2D eigenvalue weighted by Gasteiger charge is 2.36. The first kappa shape index (κ1) is 11.4. The molecular formula is C12H23NO2. The molecule has 1 aliphatic carbocycles. The number of rotatable bonds is 3. The molecule has 0 bridgehead atoms. The van der Waals surface area contributed by atoms with Crippen molar-refractivity contribution in [3.8, 4) is 0 Å². The van der Waals surface area contributed by atoms with Crippen LogP contribution in [0.3, 0.4) is 0 Å². The Kier molecular flexibility index (Phi) is 3.65. The van der Waals surface area contributed by atoms with Crippen molar-refractivity contribution in [2.45, 2.75) is 63.6 Å². The number of hydroxylamine groups is 2. The van der Waals surface area contributed by atoms with Gasteiger partial charge in [0.05, 0.1) is 11.7 Å². The summed E-state index contributed by atoms with van der Waals surface area (Å²) in [7, 11) is 0. The number of piperidine rings is 1. The van der Waals surface area contributed by atoms with E-state index in [1.165, 1.54) is 25.7 Å². The molecule has 3 nitrogen and oxygen atoms in total. The molecule has 0 aromatic rings. The van der Waals surface area contributed by atoms with Crippen LogP contribution in [0.4, 0.5) is 0 Å². The van der Waals surface area contributed by atoms with E-state index in [1.54, 1.807) is 0 Å². The Morgan fingerprint density at radius 2 is 1.87 bits per heavy atom. The van der Waals surface area contributed by atoms with E-state index < -0.39 is 0 Å². The highest BCUT2D eigenvalue weighted by Crippen LogP contribution is 2.37. The highest BCUT2D eigenvalue weighted by atomic mass is 16.7. The maximum Gasteiger partial charge on any atom is 0.0897 e. The fourth-order valence-electron chi connectivity index (χ4n) is 2.74. The van der Waals surface area contributed by atoms with Crippen LogP contribution in [-0.4, -0.2) is 35.0 Å². The van der Waals surface area contributed by atoms with Crippen molar-refractivity contribution in [1.82, 2.24) is 5.06 Å². The van der Waals surface area contributed by atoms with Crippen LogP contribution in [0.15, 0.2) is 0 Å². The summed E-state index contributed by atoms with van der Waals surface area (Å²) >= 11 is 0. The minimum Gasteiger partial charge on any atom is -0.393 e. The van der Waals surface area contributed by atoms with Crippen molar-refractivity contribution in [2.75, 3.05) is 13.1 Å². The summed E-state index contributed by atoms with van der Waals surface area (Å²) in [4.78, 5) is 6.16. The van der Waals surface area contributed by atoms with Gasteiger partial charge in [-0.1, -0.05) is 19.8 Å². The fraction of sp³-hybridized carbons (Fsp3) is 1.00. The molecule has 0 aromatic heterocycles. The molecule has 15 heavy (non-hydrogen) atoms. The Balaban J connectivity index is 1.84. The van der Waals surface area contributed by atoms with Crippen LogP contribution in [0.25, 0.3) is 0 Å². The van der Waals surface area contributed by atoms with Gasteiger partial charge in [-0.05, 0) is 32.1 Å². The number of aliphatic hydroxyl groups excluding tert-OH is 1. The quantitative estimate of drug-likeness (QED) is 0.779. The molecule has 1 saturated carbocycles. The van der Waals surface area contributed by atoms with Gasteiger partial charge in [0.15, 0.2) is 0 Å². The second-order valence-electron chi connectivity index (χ2n) is 5.00. The zero-order valence-corrected chi connectivity index (χ0v) is 9.74. The smallest absolute Gasteiger partial charge is 0.0897 e. The minimum atomic E-state index is -0.106. The van der Waals surface area contributed by atoms with Crippen molar-refractivity contribution in [3.63, 3.8) is 0 Å². The van der Waals surface area contributed by atoms with E-state index in [0.717, 1.165) is 32.4 Å². The van der Waals surface area contributed by atoms with Gasteiger partial charge in [0.25, 0.3) is 0 Å². The summed E-state index contributed by atoms with van der Waals surface area (Å²) in [6.45, 7) is 4.01. The summed E-state index contributed by atoms with van der Waals surface area (Å²) < 4.78 is 0. The SMILES string of the molecule is CCC1(ON2CCC(O)CC2)CCCC1. The molecule has 0 aromatic carbocycles. The molecule has 2 rings (SSSR count). The number of nitrogens with zero attached hydrogens (tertiary/aromatic N) is 1. The highest BCUT2D eigenvalue weighted by molar-refractivity contribution is 4.85. The molecule has 0 radical (unpaired) electrons. The molecule has 88 valence electrons. The third kappa shape index (κ3) is 2.71. The van der Waals surface area contributed by atoms with Crippen LogP contribution < -0.4 is 0 Å². The van der Waals surface area contributed by atoms with Crippen LogP contribution >= 0.6 is 0 Å². The summed E-state index contributed by atoms with van der Waals surface area (Å²) in [5.74, 6) is 0. The minimum absolute atomic E-state index is 0.106. The number of aliphatic hydroxyl groups is 1. The van der Waals surface area contributed by atoms with Crippen molar-refractivity contribution in [3.05, 3.63) is 0 Å². The zero-order chi connectivity index (χ0) is 10.7. The van der Waals surface area contributed by atoms with Crippen LogP contribution in [0, 0.1) is 0 Å². The lowest BCUT2D eigenvalue weighted by molar-refractivity contribution is -0.258. The van der Waals surface area contributed by atoms with Crippen molar-refractivity contribution in [2.24, 2.45) is 0 Å². The molecule has 0 spiro atoms. The normalized spacial score (nSPS) is 28.4. The van der Waals surface area contributed by atoms with Gasteiger partial charge in [-0.15, -0.1) is 0 Å². The first-order valence-electron chi connectivity index (χ1n) is 6.36. The van der Waals surface area contributed by atoms with Crippen molar-refractivity contribution >= 4 is 0 Å². The summed E-state index contributed by atoms with van der Waals surface area (Å²) in [5.41, 5.74) is 0.127. The molecule has 3 heteroatoms. The van der Waals surface area contributed by atoms with Gasteiger partial charge in [0, 0.05) is 13.1 Å². The number of hydrogen-bond donors (Lipinski definition) is 1. The van der Waals surface area contributed by atoms with E-state index in [0.29, 0.717) is 0 Å². The molecule has 2 aliphatic rings. The maximum atomic E-state index is 9.43. The lowest BCUT2D eigenvalue weighted by atomic mass is 9.99. The standard InChI is InChI=1S/C12H23NO2/c1-2-12(7-3-4-8-12)15-13-9-5-11(14)6-10-13/h11,14H,2-10H2,1H3. The zero-order valence-electron chi connectivity index (χ0n) is 9.74. The van der Waals surface area contributed by atoms with Crippen LogP contribution in [0.5, 0.6) is 0 Å². The Morgan fingerprint density at radius 3 is 2.40 bits per heavy atom. The predicted molar refractivity (Wildman–Crippen MR) is 59.4 cm³/mol. The van der Waals surface area contributed by atoms with E-state index >= 15 is 0 Å². The van der Waals surface area contributed by atoms with Gasteiger partial charge < -0.3 is 5.11 Å². The molecule has 2 fully saturated rings. The lowest BCUT2D eigenvalue weighted by Crippen LogP contribution is -2.43. The second-order valence-corrected chi connectivity index (χ2v) is 5.00. The predicted octanol–water partition coefficient (Wildman–Crippen LogP) is 2.10. The van der Waals surface area contributed by atoms with E-state index in [-0.39, 0.29) is 11.7 Å². The first-order valence-corrected chi connectivity index (χ1v) is 6.36. The Morgan fingerprint density at radius 1 is 1.27 bits per heavy atom. The molecule has 1 saturated heterocycles.